The molecule has 0 aliphatic heterocycles. The standard InChI is InChI=1S/C16H22N2O2S/c1-4-17-9-13-6-7-15(16(8-13)19-5-2)20-11-14-10-18-12(3)21-14/h6-8,10,17H,4-5,9,11H2,1-3H3. The fourth-order valence-corrected chi connectivity index (χ4v) is 2.65. The lowest BCUT2D eigenvalue weighted by molar-refractivity contribution is 0.271. The van der Waals surface area contributed by atoms with Crippen LogP contribution in [-0.4, -0.2) is 18.1 Å². The molecule has 0 spiro atoms. The van der Waals surface area contributed by atoms with E-state index in [9.17, 15) is 0 Å². The van der Waals surface area contributed by atoms with Gasteiger partial charge >= 0.3 is 0 Å². The van der Waals surface area contributed by atoms with Gasteiger partial charge in [-0.25, -0.2) is 4.98 Å². The highest BCUT2D eigenvalue weighted by Crippen LogP contribution is 2.29. The number of nitrogens with one attached hydrogen (secondary N) is 1. The summed E-state index contributed by atoms with van der Waals surface area (Å²) in [7, 11) is 0. The molecule has 0 saturated heterocycles. The number of benzene rings is 1. The predicted molar refractivity (Wildman–Crippen MR) is 86.2 cm³/mol. The van der Waals surface area contributed by atoms with Gasteiger partial charge in [-0.3, -0.25) is 0 Å². The summed E-state index contributed by atoms with van der Waals surface area (Å²) in [5, 5.41) is 4.37. The molecule has 0 aliphatic carbocycles. The van der Waals surface area contributed by atoms with Crippen LogP contribution in [0, 0.1) is 6.92 Å². The average molecular weight is 306 g/mol. The van der Waals surface area contributed by atoms with Gasteiger partial charge in [0.1, 0.15) is 6.61 Å². The number of hydrogen-bond acceptors (Lipinski definition) is 5. The third kappa shape index (κ3) is 4.72. The Bertz CT molecular complexity index is 569. The fraction of sp³-hybridized carbons (Fsp3) is 0.438. The Labute approximate surface area is 130 Å². The lowest BCUT2D eigenvalue weighted by Crippen LogP contribution is -2.11. The zero-order valence-electron chi connectivity index (χ0n) is 12.8. The maximum absolute atomic E-state index is 5.87. The summed E-state index contributed by atoms with van der Waals surface area (Å²) in [6, 6.07) is 6.09. The number of ether oxygens (including phenoxy) is 2. The molecule has 114 valence electrons. The summed E-state index contributed by atoms with van der Waals surface area (Å²) in [6.45, 7) is 9.01. The summed E-state index contributed by atoms with van der Waals surface area (Å²) in [6.07, 6.45) is 1.86. The van der Waals surface area contributed by atoms with Crippen molar-refractivity contribution in [2.45, 2.75) is 33.9 Å². The van der Waals surface area contributed by atoms with Crippen molar-refractivity contribution < 1.29 is 9.47 Å². The normalized spacial score (nSPS) is 10.6. The van der Waals surface area contributed by atoms with Crippen molar-refractivity contribution in [3.05, 3.63) is 39.8 Å². The molecule has 0 saturated carbocycles. The molecule has 0 atom stereocenters. The van der Waals surface area contributed by atoms with E-state index in [0.29, 0.717) is 13.2 Å². The van der Waals surface area contributed by atoms with Crippen LogP contribution < -0.4 is 14.8 Å². The predicted octanol–water partition coefficient (Wildman–Crippen LogP) is 3.54. The number of aromatic nitrogens is 1. The Balaban J connectivity index is 2.06. The van der Waals surface area contributed by atoms with E-state index in [-0.39, 0.29) is 0 Å². The molecule has 0 amide bonds. The first-order valence-electron chi connectivity index (χ1n) is 7.23. The molecule has 0 aliphatic rings. The van der Waals surface area contributed by atoms with E-state index in [2.05, 4.69) is 23.3 Å². The van der Waals surface area contributed by atoms with Crippen molar-refractivity contribution in [1.82, 2.24) is 10.3 Å². The molecular formula is C16H22N2O2S. The average Bonchev–Trinajstić information content (AvgIpc) is 2.90. The van der Waals surface area contributed by atoms with Crippen molar-refractivity contribution in [2.75, 3.05) is 13.2 Å². The number of aryl methyl sites for hydroxylation is 1. The summed E-state index contributed by atoms with van der Waals surface area (Å²) in [5.41, 5.74) is 1.20. The van der Waals surface area contributed by atoms with E-state index < -0.39 is 0 Å². The highest BCUT2D eigenvalue weighted by Gasteiger charge is 2.08. The third-order valence-electron chi connectivity index (χ3n) is 2.93. The first-order valence-corrected chi connectivity index (χ1v) is 8.05. The maximum Gasteiger partial charge on any atom is 0.161 e. The molecule has 1 aromatic heterocycles. The molecule has 0 bridgehead atoms. The SMILES string of the molecule is CCNCc1ccc(OCc2cnc(C)s2)c(OCC)c1. The van der Waals surface area contributed by atoms with E-state index in [1.54, 1.807) is 11.3 Å². The van der Waals surface area contributed by atoms with Gasteiger partial charge in [-0.15, -0.1) is 11.3 Å². The molecule has 0 unspecified atom stereocenters. The molecule has 5 heteroatoms. The van der Waals surface area contributed by atoms with Crippen LogP contribution in [0.4, 0.5) is 0 Å². The van der Waals surface area contributed by atoms with Gasteiger partial charge in [0.15, 0.2) is 11.5 Å². The van der Waals surface area contributed by atoms with Crippen LogP contribution >= 0.6 is 11.3 Å². The van der Waals surface area contributed by atoms with Crippen LogP contribution in [0.2, 0.25) is 0 Å². The monoisotopic (exact) mass is 306 g/mol. The zero-order valence-corrected chi connectivity index (χ0v) is 13.6. The Morgan fingerprint density at radius 3 is 2.71 bits per heavy atom. The second-order valence-electron chi connectivity index (χ2n) is 4.63. The Morgan fingerprint density at radius 1 is 1.19 bits per heavy atom. The van der Waals surface area contributed by atoms with Gasteiger partial charge < -0.3 is 14.8 Å². The van der Waals surface area contributed by atoms with Crippen molar-refractivity contribution in [2.24, 2.45) is 0 Å². The fourth-order valence-electron chi connectivity index (χ4n) is 1.94. The Morgan fingerprint density at radius 2 is 2.05 bits per heavy atom. The topological polar surface area (TPSA) is 43.4 Å². The summed E-state index contributed by atoms with van der Waals surface area (Å²) in [4.78, 5) is 5.35. The number of rotatable bonds is 8. The summed E-state index contributed by atoms with van der Waals surface area (Å²) < 4.78 is 11.6. The molecule has 21 heavy (non-hydrogen) atoms. The van der Waals surface area contributed by atoms with Crippen LogP contribution in [-0.2, 0) is 13.2 Å². The van der Waals surface area contributed by atoms with Gasteiger partial charge in [0.05, 0.1) is 16.5 Å². The maximum atomic E-state index is 5.87. The quantitative estimate of drug-likeness (QED) is 0.810. The van der Waals surface area contributed by atoms with Crippen molar-refractivity contribution >= 4 is 11.3 Å². The van der Waals surface area contributed by atoms with Crippen LogP contribution in [0.1, 0.15) is 29.3 Å². The minimum atomic E-state index is 0.526. The zero-order chi connectivity index (χ0) is 15.1. The first-order chi connectivity index (χ1) is 10.2. The van der Waals surface area contributed by atoms with Gasteiger partial charge in [-0.05, 0) is 38.1 Å². The molecule has 2 rings (SSSR count). The minimum absolute atomic E-state index is 0.526. The number of nitrogens with zero attached hydrogens (tertiary/aromatic N) is 1. The Hall–Kier alpha value is -1.59. The van der Waals surface area contributed by atoms with E-state index in [1.807, 2.05) is 32.2 Å². The molecule has 1 N–H and O–H groups in total. The molecule has 0 radical (unpaired) electrons. The lowest BCUT2D eigenvalue weighted by Gasteiger charge is -2.13. The second kappa shape index (κ2) is 8.00. The van der Waals surface area contributed by atoms with E-state index in [4.69, 9.17) is 9.47 Å². The van der Waals surface area contributed by atoms with Crippen LogP contribution in [0.5, 0.6) is 11.5 Å². The summed E-state index contributed by atoms with van der Waals surface area (Å²) in [5.74, 6) is 1.58. The van der Waals surface area contributed by atoms with Crippen molar-refractivity contribution in [3.63, 3.8) is 0 Å². The van der Waals surface area contributed by atoms with E-state index in [0.717, 1.165) is 34.5 Å². The van der Waals surface area contributed by atoms with Gasteiger partial charge in [-0.2, -0.15) is 0 Å². The minimum Gasteiger partial charge on any atom is -0.490 e. The number of thiazole rings is 1. The molecule has 0 fully saturated rings. The van der Waals surface area contributed by atoms with Crippen molar-refractivity contribution in [3.8, 4) is 11.5 Å². The lowest BCUT2D eigenvalue weighted by atomic mass is 10.2. The number of hydrogen-bond donors (Lipinski definition) is 1. The second-order valence-corrected chi connectivity index (χ2v) is 5.95. The molecule has 4 nitrogen and oxygen atoms in total. The van der Waals surface area contributed by atoms with Gasteiger partial charge in [0.2, 0.25) is 0 Å². The van der Waals surface area contributed by atoms with Crippen LogP contribution in [0.25, 0.3) is 0 Å². The summed E-state index contributed by atoms with van der Waals surface area (Å²) >= 11 is 1.65. The van der Waals surface area contributed by atoms with Crippen LogP contribution in [0.3, 0.4) is 0 Å². The van der Waals surface area contributed by atoms with Crippen LogP contribution in [0.15, 0.2) is 24.4 Å². The smallest absolute Gasteiger partial charge is 0.161 e. The van der Waals surface area contributed by atoms with Gasteiger partial charge in [0.25, 0.3) is 0 Å². The van der Waals surface area contributed by atoms with Gasteiger partial charge in [0, 0.05) is 12.7 Å². The van der Waals surface area contributed by atoms with Crippen molar-refractivity contribution in [1.29, 1.82) is 0 Å². The van der Waals surface area contributed by atoms with Gasteiger partial charge in [-0.1, -0.05) is 13.0 Å². The third-order valence-corrected chi connectivity index (χ3v) is 3.81. The molecular weight excluding hydrogens is 284 g/mol. The van der Waals surface area contributed by atoms with E-state index in [1.165, 1.54) is 5.56 Å². The molecule has 2 aromatic rings. The Kier molecular flexibility index (Phi) is 6.02. The molecule has 1 heterocycles. The first kappa shape index (κ1) is 15.8. The highest BCUT2D eigenvalue weighted by molar-refractivity contribution is 7.11. The van der Waals surface area contributed by atoms with E-state index >= 15 is 0 Å². The highest BCUT2D eigenvalue weighted by atomic mass is 32.1. The molecule has 1 aromatic carbocycles. The largest absolute Gasteiger partial charge is 0.490 e.